The number of aromatic amines is 1. The molecule has 1 saturated heterocycles. The van der Waals surface area contributed by atoms with Crippen LogP contribution in [0.25, 0.3) is 0 Å². The third kappa shape index (κ3) is 2.52. The zero-order valence-corrected chi connectivity index (χ0v) is 12.9. The van der Waals surface area contributed by atoms with E-state index < -0.39 is 0 Å². The first kappa shape index (κ1) is 14.0. The Bertz CT molecular complexity index is 743. The molecular weight excluding hydrogens is 296 g/mol. The Morgan fingerprint density at radius 3 is 3.00 bits per heavy atom. The van der Waals surface area contributed by atoms with Crippen LogP contribution in [0.2, 0.25) is 0 Å². The number of hydrogen-bond acceptors (Lipinski definition) is 5. The van der Waals surface area contributed by atoms with E-state index in [-0.39, 0.29) is 18.7 Å². The number of fused-ring (bicyclic) bond motifs is 1. The lowest BCUT2D eigenvalue weighted by atomic mass is 10.00. The van der Waals surface area contributed by atoms with Gasteiger partial charge in [-0.05, 0) is 44.4 Å². The molecule has 0 radical (unpaired) electrons. The van der Waals surface area contributed by atoms with Crippen LogP contribution in [0, 0.1) is 6.92 Å². The summed E-state index contributed by atoms with van der Waals surface area (Å²) >= 11 is 0. The predicted molar refractivity (Wildman–Crippen MR) is 81.3 cm³/mol. The van der Waals surface area contributed by atoms with Crippen LogP contribution in [-0.4, -0.2) is 39.3 Å². The minimum absolute atomic E-state index is 0.0181. The Kier molecular flexibility index (Phi) is 3.40. The molecule has 0 saturated carbocycles. The minimum atomic E-state index is -0.0772. The fourth-order valence-electron chi connectivity index (χ4n) is 3.15. The lowest BCUT2D eigenvalue weighted by molar-refractivity contribution is 0.0600. The topological polar surface area (TPSA) is 80.3 Å². The maximum atomic E-state index is 13.0. The van der Waals surface area contributed by atoms with Crippen molar-refractivity contribution in [2.75, 3.05) is 13.3 Å². The highest BCUT2D eigenvalue weighted by Gasteiger charge is 2.31. The van der Waals surface area contributed by atoms with Crippen molar-refractivity contribution in [1.82, 2.24) is 20.1 Å². The fraction of sp³-hybridized carbons (Fsp3) is 0.438. The van der Waals surface area contributed by atoms with Crippen LogP contribution < -0.4 is 9.47 Å². The van der Waals surface area contributed by atoms with Crippen LogP contribution >= 0.6 is 0 Å². The number of nitrogens with zero attached hydrogens (tertiary/aromatic N) is 3. The molecule has 2 aliphatic rings. The van der Waals surface area contributed by atoms with Crippen LogP contribution in [-0.2, 0) is 0 Å². The van der Waals surface area contributed by atoms with E-state index in [0.29, 0.717) is 29.4 Å². The van der Waals surface area contributed by atoms with Gasteiger partial charge in [0.25, 0.3) is 5.91 Å². The Labute approximate surface area is 133 Å². The van der Waals surface area contributed by atoms with Crippen LogP contribution in [0.15, 0.2) is 18.2 Å². The molecule has 0 bridgehead atoms. The molecule has 1 N–H and O–H groups in total. The number of aryl methyl sites for hydroxylation is 1. The summed E-state index contributed by atoms with van der Waals surface area (Å²) in [6, 6.07) is 5.24. The zero-order valence-electron chi connectivity index (χ0n) is 12.9. The number of hydrogen-bond donors (Lipinski definition) is 1. The van der Waals surface area contributed by atoms with Gasteiger partial charge in [-0.25, -0.2) is 4.98 Å². The summed E-state index contributed by atoms with van der Waals surface area (Å²) in [6.07, 6.45) is 2.95. The van der Waals surface area contributed by atoms with E-state index in [1.165, 1.54) is 0 Å². The zero-order chi connectivity index (χ0) is 15.8. The first-order valence-corrected chi connectivity index (χ1v) is 7.82. The van der Waals surface area contributed by atoms with Crippen molar-refractivity contribution in [1.29, 1.82) is 0 Å². The lowest BCUT2D eigenvalue weighted by Crippen LogP contribution is -2.39. The van der Waals surface area contributed by atoms with Crippen molar-refractivity contribution in [2.24, 2.45) is 0 Å². The molecule has 1 aromatic carbocycles. The predicted octanol–water partition coefficient (Wildman–Crippen LogP) is 2.21. The monoisotopic (exact) mass is 314 g/mol. The molecule has 2 aliphatic heterocycles. The average Bonchev–Trinajstić information content (AvgIpc) is 3.22. The Balaban J connectivity index is 1.62. The molecule has 120 valence electrons. The largest absolute Gasteiger partial charge is 0.454 e. The highest BCUT2D eigenvalue weighted by Crippen LogP contribution is 2.35. The molecule has 7 heteroatoms. The Hall–Kier alpha value is -2.57. The van der Waals surface area contributed by atoms with E-state index in [9.17, 15) is 4.79 Å². The van der Waals surface area contributed by atoms with Gasteiger partial charge in [0.2, 0.25) is 6.79 Å². The number of H-pyrrole nitrogens is 1. The maximum Gasteiger partial charge on any atom is 0.254 e. The molecule has 1 amide bonds. The average molecular weight is 314 g/mol. The van der Waals surface area contributed by atoms with Gasteiger partial charge < -0.3 is 14.4 Å². The Morgan fingerprint density at radius 1 is 1.30 bits per heavy atom. The molecule has 2 aromatic rings. The summed E-state index contributed by atoms with van der Waals surface area (Å²) in [4.78, 5) is 19.2. The molecule has 1 unspecified atom stereocenters. The third-order valence-corrected chi connectivity index (χ3v) is 4.30. The highest BCUT2D eigenvalue weighted by atomic mass is 16.7. The summed E-state index contributed by atoms with van der Waals surface area (Å²) in [5, 5.41) is 7.11. The third-order valence-electron chi connectivity index (χ3n) is 4.30. The van der Waals surface area contributed by atoms with E-state index in [4.69, 9.17) is 9.47 Å². The molecule has 1 fully saturated rings. The number of benzene rings is 1. The van der Waals surface area contributed by atoms with E-state index in [1.54, 1.807) is 18.2 Å². The molecule has 1 aromatic heterocycles. The molecule has 0 aliphatic carbocycles. The number of rotatable bonds is 2. The van der Waals surface area contributed by atoms with Gasteiger partial charge >= 0.3 is 0 Å². The molecular formula is C16H18N4O3. The second kappa shape index (κ2) is 5.57. The standard InChI is InChI=1S/C16H18N4O3/c1-10-17-15(19-18-10)12-4-2-3-7-20(12)16(21)11-5-6-13-14(8-11)23-9-22-13/h5-6,8,12H,2-4,7,9H2,1H3,(H,17,18,19). The number of piperidine rings is 1. The summed E-state index contributed by atoms with van der Waals surface area (Å²) < 4.78 is 10.7. The van der Waals surface area contributed by atoms with Gasteiger partial charge in [-0.15, -0.1) is 0 Å². The van der Waals surface area contributed by atoms with E-state index in [1.807, 2.05) is 11.8 Å². The van der Waals surface area contributed by atoms with Crippen LogP contribution in [0.1, 0.15) is 47.3 Å². The molecule has 7 nitrogen and oxygen atoms in total. The van der Waals surface area contributed by atoms with Crippen molar-refractivity contribution in [2.45, 2.75) is 32.2 Å². The Morgan fingerprint density at radius 2 is 2.17 bits per heavy atom. The van der Waals surface area contributed by atoms with E-state index in [2.05, 4.69) is 15.2 Å². The second-order valence-corrected chi connectivity index (χ2v) is 5.86. The van der Waals surface area contributed by atoms with E-state index in [0.717, 1.165) is 25.1 Å². The minimum Gasteiger partial charge on any atom is -0.454 e. The smallest absolute Gasteiger partial charge is 0.254 e. The number of ether oxygens (including phenoxy) is 2. The van der Waals surface area contributed by atoms with Crippen LogP contribution in [0.4, 0.5) is 0 Å². The number of aromatic nitrogens is 3. The lowest BCUT2D eigenvalue weighted by Gasteiger charge is -2.34. The van der Waals surface area contributed by atoms with E-state index >= 15 is 0 Å². The normalized spacial score (nSPS) is 19.9. The van der Waals surface area contributed by atoms with Gasteiger partial charge in [0.05, 0.1) is 6.04 Å². The van der Waals surface area contributed by atoms with Crippen molar-refractivity contribution < 1.29 is 14.3 Å². The number of carbonyl (C=O) groups is 1. The van der Waals surface area contributed by atoms with Crippen molar-refractivity contribution in [3.63, 3.8) is 0 Å². The first-order valence-electron chi connectivity index (χ1n) is 7.82. The number of amides is 1. The van der Waals surface area contributed by atoms with Crippen molar-refractivity contribution in [3.8, 4) is 11.5 Å². The van der Waals surface area contributed by atoms with Gasteiger partial charge in [-0.2, -0.15) is 5.10 Å². The number of carbonyl (C=O) groups excluding carboxylic acids is 1. The van der Waals surface area contributed by atoms with Crippen molar-refractivity contribution >= 4 is 5.91 Å². The molecule has 1 atom stereocenters. The van der Waals surface area contributed by atoms with Gasteiger partial charge in [0, 0.05) is 12.1 Å². The van der Waals surface area contributed by atoms with Gasteiger partial charge in [-0.3, -0.25) is 9.89 Å². The first-order chi connectivity index (χ1) is 11.2. The highest BCUT2D eigenvalue weighted by molar-refractivity contribution is 5.95. The summed E-state index contributed by atoms with van der Waals surface area (Å²) in [5.74, 6) is 2.74. The summed E-state index contributed by atoms with van der Waals surface area (Å²) in [5.41, 5.74) is 0.605. The van der Waals surface area contributed by atoms with Crippen LogP contribution in [0.5, 0.6) is 11.5 Å². The van der Waals surface area contributed by atoms with Gasteiger partial charge in [0.1, 0.15) is 5.82 Å². The SMILES string of the molecule is Cc1nc(C2CCCCN2C(=O)c2ccc3c(c2)OCO3)n[nH]1. The van der Waals surface area contributed by atoms with Gasteiger partial charge in [0.15, 0.2) is 17.3 Å². The van der Waals surface area contributed by atoms with Gasteiger partial charge in [-0.1, -0.05) is 0 Å². The van der Waals surface area contributed by atoms with Crippen LogP contribution in [0.3, 0.4) is 0 Å². The second-order valence-electron chi connectivity index (χ2n) is 5.86. The summed E-state index contributed by atoms with van der Waals surface area (Å²) in [7, 11) is 0. The molecule has 0 spiro atoms. The number of likely N-dealkylation sites (tertiary alicyclic amines) is 1. The maximum absolute atomic E-state index is 13.0. The summed E-state index contributed by atoms with van der Waals surface area (Å²) in [6.45, 7) is 2.78. The quantitative estimate of drug-likeness (QED) is 0.919. The fourth-order valence-corrected chi connectivity index (χ4v) is 3.15. The molecule has 4 rings (SSSR count). The molecule has 3 heterocycles. The molecule has 23 heavy (non-hydrogen) atoms. The van der Waals surface area contributed by atoms with Crippen molar-refractivity contribution in [3.05, 3.63) is 35.4 Å². The number of nitrogens with one attached hydrogen (secondary N) is 1.